The zero-order valence-electron chi connectivity index (χ0n) is 12.2. The number of nitrogens with one attached hydrogen (secondary N) is 1. The Morgan fingerprint density at radius 2 is 2.10 bits per heavy atom. The molecule has 110 valence electrons. The van der Waals surface area contributed by atoms with E-state index >= 15 is 0 Å². The van der Waals surface area contributed by atoms with Crippen molar-refractivity contribution in [2.75, 3.05) is 27.4 Å². The van der Waals surface area contributed by atoms with Gasteiger partial charge in [-0.3, -0.25) is 4.79 Å². The molecule has 0 saturated carbocycles. The van der Waals surface area contributed by atoms with Crippen molar-refractivity contribution in [2.45, 2.75) is 25.9 Å². The molecule has 1 unspecified atom stereocenters. The van der Waals surface area contributed by atoms with E-state index in [0.717, 1.165) is 25.0 Å². The minimum atomic E-state index is -0.171. The predicted octanol–water partition coefficient (Wildman–Crippen LogP) is 1.92. The first kappa shape index (κ1) is 14.7. The maximum absolute atomic E-state index is 12.3. The van der Waals surface area contributed by atoms with Gasteiger partial charge in [-0.2, -0.15) is 0 Å². The molecule has 1 N–H and O–H groups in total. The number of ether oxygens (including phenoxy) is 3. The third-order valence-corrected chi connectivity index (χ3v) is 3.48. The first-order chi connectivity index (χ1) is 9.65. The fourth-order valence-corrected chi connectivity index (χ4v) is 2.33. The van der Waals surface area contributed by atoms with Crippen molar-refractivity contribution in [3.05, 3.63) is 23.3 Å². The number of hydrogen-bond donors (Lipinski definition) is 1. The van der Waals surface area contributed by atoms with Gasteiger partial charge in [0.05, 0.1) is 25.9 Å². The Labute approximate surface area is 119 Å². The van der Waals surface area contributed by atoms with Crippen molar-refractivity contribution in [1.29, 1.82) is 0 Å². The molecule has 1 heterocycles. The highest BCUT2D eigenvalue weighted by Crippen LogP contribution is 2.28. The molecular formula is C15H21NO4. The van der Waals surface area contributed by atoms with E-state index in [1.54, 1.807) is 26.4 Å². The second-order valence-electron chi connectivity index (χ2n) is 4.87. The van der Waals surface area contributed by atoms with Crippen molar-refractivity contribution < 1.29 is 19.0 Å². The zero-order valence-corrected chi connectivity index (χ0v) is 12.2. The zero-order chi connectivity index (χ0) is 14.5. The van der Waals surface area contributed by atoms with Gasteiger partial charge >= 0.3 is 0 Å². The summed E-state index contributed by atoms with van der Waals surface area (Å²) in [6.45, 7) is 3.22. The quantitative estimate of drug-likeness (QED) is 0.894. The maximum Gasteiger partial charge on any atom is 0.255 e. The van der Waals surface area contributed by atoms with Gasteiger partial charge in [-0.15, -0.1) is 0 Å². The van der Waals surface area contributed by atoms with Crippen molar-refractivity contribution in [1.82, 2.24) is 5.32 Å². The van der Waals surface area contributed by atoms with E-state index in [0.29, 0.717) is 23.6 Å². The van der Waals surface area contributed by atoms with Crippen LogP contribution in [0.25, 0.3) is 0 Å². The van der Waals surface area contributed by atoms with E-state index in [4.69, 9.17) is 14.2 Å². The molecule has 1 saturated heterocycles. The molecule has 0 spiro atoms. The Morgan fingerprint density at radius 1 is 1.35 bits per heavy atom. The topological polar surface area (TPSA) is 56.8 Å². The SMILES string of the molecule is COc1cc(C(=O)NCC2CCCO2)c(OC)cc1C. The van der Waals surface area contributed by atoms with Crippen LogP contribution in [-0.2, 0) is 4.74 Å². The van der Waals surface area contributed by atoms with Crippen molar-refractivity contribution >= 4 is 5.91 Å². The lowest BCUT2D eigenvalue weighted by molar-refractivity contribution is 0.0855. The van der Waals surface area contributed by atoms with E-state index in [1.165, 1.54) is 0 Å². The number of methoxy groups -OCH3 is 2. The van der Waals surface area contributed by atoms with Crippen molar-refractivity contribution in [2.24, 2.45) is 0 Å². The largest absolute Gasteiger partial charge is 0.496 e. The van der Waals surface area contributed by atoms with Crippen LogP contribution in [0.1, 0.15) is 28.8 Å². The maximum atomic E-state index is 12.3. The lowest BCUT2D eigenvalue weighted by Crippen LogP contribution is -2.32. The molecule has 5 heteroatoms. The van der Waals surface area contributed by atoms with Crippen LogP contribution in [0.2, 0.25) is 0 Å². The number of aryl methyl sites for hydroxylation is 1. The Kier molecular flexibility index (Phi) is 4.84. The lowest BCUT2D eigenvalue weighted by atomic mass is 10.1. The van der Waals surface area contributed by atoms with Gasteiger partial charge < -0.3 is 19.5 Å². The summed E-state index contributed by atoms with van der Waals surface area (Å²) < 4.78 is 16.0. The van der Waals surface area contributed by atoms with E-state index in [-0.39, 0.29) is 12.0 Å². The molecule has 1 fully saturated rings. The molecule has 1 aromatic carbocycles. The first-order valence-electron chi connectivity index (χ1n) is 6.78. The fourth-order valence-electron chi connectivity index (χ4n) is 2.33. The van der Waals surface area contributed by atoms with Gasteiger partial charge in [-0.1, -0.05) is 0 Å². The highest BCUT2D eigenvalue weighted by atomic mass is 16.5. The predicted molar refractivity (Wildman–Crippen MR) is 75.6 cm³/mol. The monoisotopic (exact) mass is 279 g/mol. The summed E-state index contributed by atoms with van der Waals surface area (Å²) >= 11 is 0. The smallest absolute Gasteiger partial charge is 0.255 e. The standard InChI is InChI=1S/C15H21NO4/c1-10-7-14(19-3)12(8-13(10)18-2)15(17)16-9-11-5-4-6-20-11/h7-8,11H,4-6,9H2,1-3H3,(H,16,17). The summed E-state index contributed by atoms with van der Waals surface area (Å²) in [5, 5.41) is 2.89. The van der Waals surface area contributed by atoms with Gasteiger partial charge in [-0.25, -0.2) is 0 Å². The number of benzene rings is 1. The normalized spacial score (nSPS) is 17.9. The highest BCUT2D eigenvalue weighted by molar-refractivity contribution is 5.97. The summed E-state index contributed by atoms with van der Waals surface area (Å²) in [5.74, 6) is 1.05. The molecule has 1 aliphatic rings. The molecule has 0 aromatic heterocycles. The van der Waals surface area contributed by atoms with E-state index in [9.17, 15) is 4.79 Å². The number of carbonyl (C=O) groups excluding carboxylic acids is 1. The fraction of sp³-hybridized carbons (Fsp3) is 0.533. The van der Waals surface area contributed by atoms with E-state index in [2.05, 4.69) is 5.32 Å². The molecule has 1 amide bonds. The summed E-state index contributed by atoms with van der Waals surface area (Å²) in [5.41, 5.74) is 1.41. The summed E-state index contributed by atoms with van der Waals surface area (Å²) in [7, 11) is 3.14. The molecule has 1 aromatic rings. The van der Waals surface area contributed by atoms with Crippen LogP contribution >= 0.6 is 0 Å². The molecule has 1 atom stereocenters. The Morgan fingerprint density at radius 3 is 2.70 bits per heavy atom. The van der Waals surface area contributed by atoms with Gasteiger partial charge in [0.25, 0.3) is 5.91 Å². The third-order valence-electron chi connectivity index (χ3n) is 3.48. The molecule has 1 aliphatic heterocycles. The lowest BCUT2D eigenvalue weighted by Gasteiger charge is -2.14. The minimum absolute atomic E-state index is 0.122. The average Bonchev–Trinajstić information content (AvgIpc) is 2.97. The molecule has 2 rings (SSSR count). The van der Waals surface area contributed by atoms with Crippen LogP contribution in [0, 0.1) is 6.92 Å². The number of amides is 1. The molecule has 0 aliphatic carbocycles. The Hall–Kier alpha value is -1.75. The van der Waals surface area contributed by atoms with Crippen molar-refractivity contribution in [3.8, 4) is 11.5 Å². The summed E-state index contributed by atoms with van der Waals surface area (Å²) in [6, 6.07) is 3.51. The molecular weight excluding hydrogens is 258 g/mol. The van der Waals surface area contributed by atoms with Crippen molar-refractivity contribution in [3.63, 3.8) is 0 Å². The van der Waals surface area contributed by atoms with E-state index < -0.39 is 0 Å². The molecule has 5 nitrogen and oxygen atoms in total. The number of carbonyl (C=O) groups is 1. The second-order valence-corrected chi connectivity index (χ2v) is 4.87. The van der Waals surface area contributed by atoms with Gasteiger partial charge in [0.15, 0.2) is 0 Å². The van der Waals surface area contributed by atoms with Crippen LogP contribution in [0.15, 0.2) is 12.1 Å². The third kappa shape index (κ3) is 3.22. The second kappa shape index (κ2) is 6.61. The summed E-state index contributed by atoms with van der Waals surface area (Å²) in [4.78, 5) is 12.3. The highest BCUT2D eigenvalue weighted by Gasteiger charge is 2.19. The molecule has 20 heavy (non-hydrogen) atoms. The Bertz CT molecular complexity index is 481. The van der Waals surface area contributed by atoms with Crippen LogP contribution < -0.4 is 14.8 Å². The van der Waals surface area contributed by atoms with Crippen LogP contribution in [-0.4, -0.2) is 39.4 Å². The van der Waals surface area contributed by atoms with Crippen LogP contribution in [0.5, 0.6) is 11.5 Å². The number of rotatable bonds is 5. The number of hydrogen-bond acceptors (Lipinski definition) is 4. The van der Waals surface area contributed by atoms with Gasteiger partial charge in [0.2, 0.25) is 0 Å². The average molecular weight is 279 g/mol. The van der Waals surface area contributed by atoms with E-state index in [1.807, 2.05) is 6.92 Å². The molecule has 0 bridgehead atoms. The summed E-state index contributed by atoms with van der Waals surface area (Å²) in [6.07, 6.45) is 2.17. The van der Waals surface area contributed by atoms with Gasteiger partial charge in [0.1, 0.15) is 11.5 Å². The minimum Gasteiger partial charge on any atom is -0.496 e. The van der Waals surface area contributed by atoms with Gasteiger partial charge in [0, 0.05) is 13.2 Å². The first-order valence-corrected chi connectivity index (χ1v) is 6.78. The van der Waals surface area contributed by atoms with Crippen LogP contribution in [0.3, 0.4) is 0 Å². The van der Waals surface area contributed by atoms with Gasteiger partial charge in [-0.05, 0) is 37.5 Å². The molecule has 0 radical (unpaired) electrons. The van der Waals surface area contributed by atoms with Crippen LogP contribution in [0.4, 0.5) is 0 Å². The Balaban J connectivity index is 2.10.